The molecule has 1 amide bonds. The molecule has 0 radical (unpaired) electrons. The van der Waals surface area contributed by atoms with Gasteiger partial charge in [-0.05, 0) is 25.5 Å². The van der Waals surface area contributed by atoms with Gasteiger partial charge in [0, 0.05) is 17.7 Å². The maximum Gasteiger partial charge on any atom is 0.269 e. The normalized spacial score (nSPS) is 24.2. The predicted octanol–water partition coefficient (Wildman–Crippen LogP) is 0.902. The maximum absolute atomic E-state index is 12.0. The minimum atomic E-state index is -3.10. The highest BCUT2D eigenvalue weighted by Crippen LogP contribution is 2.23. The number of non-ortho nitro benzene ring substituents is 1. The minimum absolute atomic E-state index is 0.0596. The molecule has 1 unspecified atom stereocenters. The number of nitro benzene ring substituents is 1. The summed E-state index contributed by atoms with van der Waals surface area (Å²) in [5.41, 5.74) is -0.616. The van der Waals surface area contributed by atoms with Crippen molar-refractivity contribution in [2.45, 2.75) is 18.9 Å². The Hall–Kier alpha value is -1.96. The summed E-state index contributed by atoms with van der Waals surface area (Å²) in [6, 6.07) is 5.17. The van der Waals surface area contributed by atoms with Crippen LogP contribution in [-0.4, -0.2) is 36.3 Å². The zero-order chi connectivity index (χ0) is 15.0. The van der Waals surface area contributed by atoms with Crippen molar-refractivity contribution in [3.05, 3.63) is 39.9 Å². The first-order chi connectivity index (χ1) is 9.21. The van der Waals surface area contributed by atoms with Gasteiger partial charge in [0.2, 0.25) is 0 Å². The van der Waals surface area contributed by atoms with Crippen LogP contribution in [0.5, 0.6) is 0 Å². The van der Waals surface area contributed by atoms with Crippen LogP contribution in [0.4, 0.5) is 5.69 Å². The number of nitrogens with one attached hydrogen (secondary N) is 1. The van der Waals surface area contributed by atoms with Crippen molar-refractivity contribution >= 4 is 21.4 Å². The number of rotatable bonds is 3. The van der Waals surface area contributed by atoms with Crippen molar-refractivity contribution in [2.75, 3.05) is 11.5 Å². The maximum atomic E-state index is 12.0. The van der Waals surface area contributed by atoms with E-state index in [0.717, 1.165) is 0 Å². The van der Waals surface area contributed by atoms with Crippen LogP contribution < -0.4 is 5.32 Å². The van der Waals surface area contributed by atoms with Crippen LogP contribution in [0.15, 0.2) is 24.3 Å². The molecule has 20 heavy (non-hydrogen) atoms. The summed E-state index contributed by atoms with van der Waals surface area (Å²) in [7, 11) is -3.10. The molecule has 0 bridgehead atoms. The van der Waals surface area contributed by atoms with Crippen LogP contribution in [0.2, 0.25) is 0 Å². The van der Waals surface area contributed by atoms with Gasteiger partial charge >= 0.3 is 0 Å². The topological polar surface area (TPSA) is 106 Å². The van der Waals surface area contributed by atoms with E-state index in [1.165, 1.54) is 24.3 Å². The van der Waals surface area contributed by atoms with Crippen molar-refractivity contribution in [2.24, 2.45) is 0 Å². The first-order valence-electron chi connectivity index (χ1n) is 5.98. The van der Waals surface area contributed by atoms with Gasteiger partial charge in [-0.15, -0.1) is 0 Å². The van der Waals surface area contributed by atoms with E-state index in [2.05, 4.69) is 5.32 Å². The first-order valence-corrected chi connectivity index (χ1v) is 7.80. The van der Waals surface area contributed by atoms with E-state index in [1.54, 1.807) is 6.92 Å². The Balaban J connectivity index is 2.11. The molecule has 1 saturated heterocycles. The molecular formula is C12H14N2O5S. The van der Waals surface area contributed by atoms with Crippen molar-refractivity contribution in [3.63, 3.8) is 0 Å². The summed E-state index contributed by atoms with van der Waals surface area (Å²) < 4.78 is 22.9. The van der Waals surface area contributed by atoms with Gasteiger partial charge in [0.1, 0.15) is 0 Å². The van der Waals surface area contributed by atoms with E-state index in [1.807, 2.05) is 0 Å². The van der Waals surface area contributed by atoms with Gasteiger partial charge in [0.15, 0.2) is 9.84 Å². The van der Waals surface area contributed by atoms with Gasteiger partial charge in [0.25, 0.3) is 11.6 Å². The van der Waals surface area contributed by atoms with Crippen LogP contribution >= 0.6 is 0 Å². The fraction of sp³-hybridized carbons (Fsp3) is 0.417. The Kier molecular flexibility index (Phi) is 3.51. The van der Waals surface area contributed by atoms with Gasteiger partial charge in [-0.3, -0.25) is 14.9 Å². The molecule has 0 spiro atoms. The zero-order valence-corrected chi connectivity index (χ0v) is 11.6. The highest BCUT2D eigenvalue weighted by molar-refractivity contribution is 7.91. The van der Waals surface area contributed by atoms with Crippen LogP contribution in [0.3, 0.4) is 0 Å². The molecule has 7 nitrogen and oxygen atoms in total. The number of hydrogen-bond donors (Lipinski definition) is 1. The standard InChI is InChI=1S/C12H14N2O5S/c1-12(6-7-20(18,19)8-12)13-11(15)9-2-4-10(5-3-9)14(16)17/h2-5H,6-8H2,1H3,(H,13,15). The fourth-order valence-corrected chi connectivity index (χ4v) is 4.28. The van der Waals surface area contributed by atoms with Crippen molar-refractivity contribution in [1.82, 2.24) is 5.32 Å². The molecule has 1 atom stereocenters. The van der Waals surface area contributed by atoms with Crippen LogP contribution in [-0.2, 0) is 9.84 Å². The molecule has 1 aromatic rings. The molecule has 1 heterocycles. The third kappa shape index (κ3) is 3.13. The monoisotopic (exact) mass is 298 g/mol. The third-order valence-corrected chi connectivity index (χ3v) is 5.16. The van der Waals surface area contributed by atoms with E-state index in [-0.39, 0.29) is 22.8 Å². The molecule has 1 aliphatic heterocycles. The zero-order valence-electron chi connectivity index (χ0n) is 10.8. The molecule has 8 heteroatoms. The Bertz CT molecular complexity index is 653. The molecular weight excluding hydrogens is 284 g/mol. The molecule has 1 fully saturated rings. The number of carbonyl (C=O) groups excluding carboxylic acids is 1. The number of nitrogens with zero attached hydrogens (tertiary/aromatic N) is 1. The van der Waals surface area contributed by atoms with E-state index in [9.17, 15) is 23.3 Å². The summed E-state index contributed by atoms with van der Waals surface area (Å²) >= 11 is 0. The molecule has 0 aliphatic carbocycles. The lowest BCUT2D eigenvalue weighted by atomic mass is 10.0. The van der Waals surface area contributed by atoms with Crippen molar-refractivity contribution < 1.29 is 18.1 Å². The Morgan fingerprint density at radius 3 is 2.40 bits per heavy atom. The second kappa shape index (κ2) is 4.86. The summed E-state index contributed by atoms with van der Waals surface area (Å²) in [5, 5.41) is 13.2. The van der Waals surface area contributed by atoms with E-state index in [0.29, 0.717) is 6.42 Å². The third-order valence-electron chi connectivity index (χ3n) is 3.26. The van der Waals surface area contributed by atoms with Gasteiger partial charge in [-0.1, -0.05) is 0 Å². The molecule has 108 valence electrons. The average Bonchev–Trinajstić information content (AvgIpc) is 2.63. The van der Waals surface area contributed by atoms with Crippen molar-refractivity contribution in [3.8, 4) is 0 Å². The Labute approximate surface area is 116 Å². The number of benzene rings is 1. The minimum Gasteiger partial charge on any atom is -0.346 e. The summed E-state index contributed by atoms with van der Waals surface area (Å²) in [6.07, 6.45) is 0.369. The number of sulfone groups is 1. The number of nitro groups is 1. The summed E-state index contributed by atoms with van der Waals surface area (Å²) in [4.78, 5) is 22.0. The first kappa shape index (κ1) is 14.4. The number of hydrogen-bond acceptors (Lipinski definition) is 5. The van der Waals surface area contributed by atoms with E-state index in [4.69, 9.17) is 0 Å². The highest BCUT2D eigenvalue weighted by atomic mass is 32.2. The number of amides is 1. The smallest absolute Gasteiger partial charge is 0.269 e. The largest absolute Gasteiger partial charge is 0.346 e. The summed E-state index contributed by atoms with van der Waals surface area (Å²) in [6.45, 7) is 1.68. The quantitative estimate of drug-likeness (QED) is 0.659. The summed E-state index contributed by atoms with van der Waals surface area (Å²) in [5.74, 6) is -0.456. The SMILES string of the molecule is CC1(NC(=O)c2ccc([N+](=O)[O-])cc2)CCS(=O)(=O)C1. The molecule has 1 N–H and O–H groups in total. The molecule has 1 aliphatic rings. The predicted molar refractivity (Wildman–Crippen MR) is 72.2 cm³/mol. The number of carbonyl (C=O) groups is 1. The van der Waals surface area contributed by atoms with Crippen LogP contribution in [0.25, 0.3) is 0 Å². The lowest BCUT2D eigenvalue weighted by Crippen LogP contribution is -2.46. The lowest BCUT2D eigenvalue weighted by molar-refractivity contribution is -0.384. The van der Waals surface area contributed by atoms with Crippen LogP contribution in [0.1, 0.15) is 23.7 Å². The molecule has 1 aromatic carbocycles. The van der Waals surface area contributed by atoms with Crippen molar-refractivity contribution in [1.29, 1.82) is 0 Å². The molecule has 2 rings (SSSR count). The van der Waals surface area contributed by atoms with E-state index < -0.39 is 26.2 Å². The van der Waals surface area contributed by atoms with Gasteiger partial charge in [-0.25, -0.2) is 8.42 Å². The Morgan fingerprint density at radius 1 is 1.35 bits per heavy atom. The van der Waals surface area contributed by atoms with Gasteiger partial charge < -0.3 is 5.32 Å². The van der Waals surface area contributed by atoms with E-state index >= 15 is 0 Å². The highest BCUT2D eigenvalue weighted by Gasteiger charge is 2.39. The van der Waals surface area contributed by atoms with Crippen LogP contribution in [0, 0.1) is 10.1 Å². The van der Waals surface area contributed by atoms with Gasteiger partial charge in [0.05, 0.1) is 22.0 Å². The average molecular weight is 298 g/mol. The lowest BCUT2D eigenvalue weighted by Gasteiger charge is -2.23. The second-order valence-corrected chi connectivity index (χ2v) is 7.34. The fourth-order valence-electron chi connectivity index (χ4n) is 2.19. The second-order valence-electron chi connectivity index (χ2n) is 5.16. The molecule has 0 aromatic heterocycles. The van der Waals surface area contributed by atoms with Gasteiger partial charge in [-0.2, -0.15) is 0 Å². The Morgan fingerprint density at radius 2 is 1.95 bits per heavy atom. The molecule has 0 saturated carbocycles.